The van der Waals surface area contributed by atoms with Gasteiger partial charge in [-0.15, -0.1) is 0 Å². The molecule has 3 rings (SSSR count). The van der Waals surface area contributed by atoms with Crippen LogP contribution in [0.2, 0.25) is 5.02 Å². The molecule has 3 atom stereocenters. The van der Waals surface area contributed by atoms with E-state index >= 15 is 0 Å². The predicted octanol–water partition coefficient (Wildman–Crippen LogP) is 2.34. The van der Waals surface area contributed by atoms with Crippen LogP contribution in [-0.4, -0.2) is 30.3 Å². The highest BCUT2D eigenvalue weighted by molar-refractivity contribution is 6.30. The van der Waals surface area contributed by atoms with Gasteiger partial charge in [0.2, 0.25) is 0 Å². The average molecular weight is 268 g/mol. The first-order valence-corrected chi connectivity index (χ1v) is 6.41. The fourth-order valence-electron chi connectivity index (χ4n) is 2.94. The quantitative estimate of drug-likeness (QED) is 0.820. The molecule has 0 aromatic heterocycles. The van der Waals surface area contributed by atoms with Crippen LogP contribution in [-0.2, 0) is 9.53 Å². The largest absolute Gasteiger partial charge is 0.481 e. The normalized spacial score (nSPS) is 29.9. The van der Waals surface area contributed by atoms with E-state index in [4.69, 9.17) is 16.3 Å². The van der Waals surface area contributed by atoms with Crippen molar-refractivity contribution in [2.45, 2.75) is 18.4 Å². The number of ether oxygens (including phenoxy) is 1. The summed E-state index contributed by atoms with van der Waals surface area (Å²) in [6.45, 7) is 1.17. The lowest BCUT2D eigenvalue weighted by Gasteiger charge is -2.41. The van der Waals surface area contributed by atoms with Crippen LogP contribution in [0.5, 0.6) is 0 Å². The topological polar surface area (TPSA) is 58.6 Å². The molecule has 2 aliphatic heterocycles. The second-order valence-electron chi connectivity index (χ2n) is 4.83. The van der Waals surface area contributed by atoms with Gasteiger partial charge >= 0.3 is 5.97 Å². The number of carboxylic acids is 1. The summed E-state index contributed by atoms with van der Waals surface area (Å²) in [5, 5.41) is 13.5. The Morgan fingerprint density at radius 2 is 2.33 bits per heavy atom. The Morgan fingerprint density at radius 1 is 1.50 bits per heavy atom. The molecule has 18 heavy (non-hydrogen) atoms. The van der Waals surface area contributed by atoms with Gasteiger partial charge in [-0.1, -0.05) is 11.6 Å². The zero-order valence-corrected chi connectivity index (χ0v) is 10.5. The van der Waals surface area contributed by atoms with Gasteiger partial charge in [0.05, 0.1) is 12.5 Å². The highest BCUT2D eigenvalue weighted by atomic mass is 35.5. The summed E-state index contributed by atoms with van der Waals surface area (Å²) in [6, 6.07) is 5.56. The van der Waals surface area contributed by atoms with E-state index in [0.717, 1.165) is 17.7 Å². The van der Waals surface area contributed by atoms with Gasteiger partial charge in [0.25, 0.3) is 0 Å². The van der Waals surface area contributed by atoms with Crippen LogP contribution in [0.1, 0.15) is 17.9 Å². The number of halogens is 1. The summed E-state index contributed by atoms with van der Waals surface area (Å²) in [5.41, 5.74) is 1.65. The molecule has 0 aliphatic carbocycles. The van der Waals surface area contributed by atoms with Crippen LogP contribution in [0.3, 0.4) is 0 Å². The standard InChI is InChI=1S/C13H14ClNO3/c14-7-1-2-10-8(5-7)12(13(16)17)9-6-18-4-3-11(9)15-10/h1-2,5,9,11-12,15H,3-4,6H2,(H,16,17). The van der Waals surface area contributed by atoms with Gasteiger partial charge < -0.3 is 15.2 Å². The van der Waals surface area contributed by atoms with E-state index in [-0.39, 0.29) is 12.0 Å². The molecule has 1 aromatic carbocycles. The van der Waals surface area contributed by atoms with Gasteiger partial charge in [-0.3, -0.25) is 4.79 Å². The van der Waals surface area contributed by atoms with Gasteiger partial charge in [-0.05, 0) is 30.2 Å². The smallest absolute Gasteiger partial charge is 0.311 e. The Morgan fingerprint density at radius 3 is 3.11 bits per heavy atom. The number of fused-ring (bicyclic) bond motifs is 2. The molecule has 2 heterocycles. The lowest BCUT2D eigenvalue weighted by Crippen LogP contribution is -2.46. The Kier molecular flexibility index (Phi) is 2.92. The monoisotopic (exact) mass is 267 g/mol. The van der Waals surface area contributed by atoms with Crippen molar-refractivity contribution in [1.29, 1.82) is 0 Å². The molecule has 4 nitrogen and oxygen atoms in total. The first-order valence-electron chi connectivity index (χ1n) is 6.03. The van der Waals surface area contributed by atoms with Gasteiger partial charge in [0, 0.05) is 29.3 Å². The minimum absolute atomic E-state index is 0.0257. The zero-order chi connectivity index (χ0) is 12.7. The molecule has 5 heteroatoms. The number of nitrogens with one attached hydrogen (secondary N) is 1. The molecule has 3 unspecified atom stereocenters. The van der Waals surface area contributed by atoms with Crippen molar-refractivity contribution in [1.82, 2.24) is 0 Å². The molecule has 2 aliphatic rings. The van der Waals surface area contributed by atoms with Crippen LogP contribution in [0.15, 0.2) is 18.2 Å². The number of hydrogen-bond acceptors (Lipinski definition) is 3. The summed E-state index contributed by atoms with van der Waals surface area (Å²) < 4.78 is 5.43. The maximum atomic E-state index is 11.6. The number of rotatable bonds is 1. The van der Waals surface area contributed by atoms with Gasteiger partial charge in [0.15, 0.2) is 0 Å². The second kappa shape index (κ2) is 4.44. The maximum Gasteiger partial charge on any atom is 0.311 e. The van der Waals surface area contributed by atoms with Crippen molar-refractivity contribution in [2.24, 2.45) is 5.92 Å². The fourth-order valence-corrected chi connectivity index (χ4v) is 3.12. The number of aliphatic carboxylic acids is 1. The van der Waals surface area contributed by atoms with Crippen molar-refractivity contribution in [3.63, 3.8) is 0 Å². The maximum absolute atomic E-state index is 11.6. The summed E-state index contributed by atoms with van der Waals surface area (Å²) in [6.07, 6.45) is 0.844. The van der Waals surface area contributed by atoms with Crippen molar-refractivity contribution in [2.75, 3.05) is 18.5 Å². The molecule has 0 bridgehead atoms. The molecule has 0 radical (unpaired) electrons. The van der Waals surface area contributed by atoms with Crippen molar-refractivity contribution in [3.05, 3.63) is 28.8 Å². The third kappa shape index (κ3) is 1.85. The summed E-state index contributed by atoms with van der Waals surface area (Å²) in [7, 11) is 0. The first kappa shape index (κ1) is 11.8. The number of benzene rings is 1. The van der Waals surface area contributed by atoms with Crippen LogP contribution in [0.25, 0.3) is 0 Å². The summed E-state index contributed by atoms with van der Waals surface area (Å²) in [4.78, 5) is 11.6. The predicted molar refractivity (Wildman–Crippen MR) is 68.2 cm³/mol. The third-order valence-corrected chi connectivity index (χ3v) is 4.02. The van der Waals surface area contributed by atoms with E-state index < -0.39 is 11.9 Å². The number of carboxylic acid groups (broad SMARTS) is 1. The van der Waals surface area contributed by atoms with E-state index in [0.29, 0.717) is 18.2 Å². The molecule has 1 fully saturated rings. The van der Waals surface area contributed by atoms with Gasteiger partial charge in [-0.2, -0.15) is 0 Å². The zero-order valence-electron chi connectivity index (χ0n) is 9.73. The van der Waals surface area contributed by atoms with E-state index in [1.807, 2.05) is 6.07 Å². The molecule has 2 N–H and O–H groups in total. The van der Waals surface area contributed by atoms with Crippen LogP contribution < -0.4 is 5.32 Å². The fraction of sp³-hybridized carbons (Fsp3) is 0.462. The van der Waals surface area contributed by atoms with Crippen molar-refractivity contribution >= 4 is 23.3 Å². The average Bonchev–Trinajstić information content (AvgIpc) is 2.35. The van der Waals surface area contributed by atoms with E-state index in [1.54, 1.807) is 12.1 Å². The Labute approximate surface area is 110 Å². The van der Waals surface area contributed by atoms with Gasteiger partial charge in [-0.25, -0.2) is 0 Å². The van der Waals surface area contributed by atoms with Crippen LogP contribution in [0, 0.1) is 5.92 Å². The number of anilines is 1. The molecule has 0 spiro atoms. The summed E-state index contributed by atoms with van der Waals surface area (Å²) in [5.74, 6) is -1.37. The van der Waals surface area contributed by atoms with Crippen LogP contribution in [0.4, 0.5) is 5.69 Å². The lowest BCUT2D eigenvalue weighted by atomic mass is 9.76. The lowest BCUT2D eigenvalue weighted by molar-refractivity contribution is -0.142. The van der Waals surface area contributed by atoms with Crippen molar-refractivity contribution in [3.8, 4) is 0 Å². The SMILES string of the molecule is O=C(O)C1c2cc(Cl)ccc2NC2CCOCC21. The number of hydrogen-bond donors (Lipinski definition) is 2. The summed E-state index contributed by atoms with van der Waals surface area (Å²) >= 11 is 5.97. The highest BCUT2D eigenvalue weighted by Crippen LogP contribution is 2.42. The molecule has 0 saturated carbocycles. The highest BCUT2D eigenvalue weighted by Gasteiger charge is 2.42. The Hall–Kier alpha value is -1.26. The minimum atomic E-state index is -0.805. The molecular formula is C13H14ClNO3. The first-order chi connectivity index (χ1) is 8.66. The molecule has 1 aromatic rings. The van der Waals surface area contributed by atoms with E-state index in [9.17, 15) is 9.90 Å². The van der Waals surface area contributed by atoms with Crippen LogP contribution >= 0.6 is 11.6 Å². The third-order valence-electron chi connectivity index (χ3n) is 3.78. The molecule has 1 saturated heterocycles. The van der Waals surface area contributed by atoms with Gasteiger partial charge in [0.1, 0.15) is 0 Å². The Bertz CT molecular complexity index is 491. The van der Waals surface area contributed by atoms with E-state index in [1.165, 1.54) is 0 Å². The second-order valence-corrected chi connectivity index (χ2v) is 5.26. The Balaban J connectivity index is 2.07. The number of carbonyl (C=O) groups is 1. The van der Waals surface area contributed by atoms with Crippen molar-refractivity contribution < 1.29 is 14.6 Å². The molecular weight excluding hydrogens is 254 g/mol. The molecule has 0 amide bonds. The molecule has 96 valence electrons. The van der Waals surface area contributed by atoms with E-state index in [2.05, 4.69) is 5.32 Å². The minimum Gasteiger partial charge on any atom is -0.481 e.